The molecule has 0 aliphatic carbocycles. The van der Waals surface area contributed by atoms with E-state index < -0.39 is 5.60 Å². The van der Waals surface area contributed by atoms with E-state index in [1.807, 2.05) is 20.8 Å². The van der Waals surface area contributed by atoms with Crippen LogP contribution in [0, 0.1) is 0 Å². The van der Waals surface area contributed by atoms with E-state index in [4.69, 9.17) is 32.7 Å². The summed E-state index contributed by atoms with van der Waals surface area (Å²) in [5.74, 6) is 0.791. The number of ether oxygens (including phenoxy) is 2. The molecule has 0 spiro atoms. The van der Waals surface area contributed by atoms with Crippen LogP contribution in [0.4, 0.5) is 4.79 Å². The van der Waals surface area contributed by atoms with E-state index in [0.717, 1.165) is 12.0 Å². The number of amides is 1. The minimum atomic E-state index is -0.499. The predicted octanol–water partition coefficient (Wildman–Crippen LogP) is 4.73. The van der Waals surface area contributed by atoms with Crippen LogP contribution in [-0.4, -0.2) is 36.8 Å². The molecule has 1 aliphatic heterocycles. The lowest BCUT2D eigenvalue weighted by atomic mass is 9.97. The second-order valence-corrected chi connectivity index (χ2v) is 7.17. The number of hydrogen-bond acceptors (Lipinski definition) is 3. The normalized spacial score (nSPS) is 18.5. The lowest BCUT2D eigenvalue weighted by Gasteiger charge is -2.24. The van der Waals surface area contributed by atoms with Crippen LogP contribution in [0.2, 0.25) is 10.0 Å². The first-order valence-electron chi connectivity index (χ1n) is 7.22. The van der Waals surface area contributed by atoms with Crippen molar-refractivity contribution < 1.29 is 14.3 Å². The fraction of sp³-hybridized carbons (Fsp3) is 0.562. The number of halogens is 2. The summed E-state index contributed by atoms with van der Waals surface area (Å²) in [6.07, 6.45) is 0.502. The molecule has 1 atom stereocenters. The maximum atomic E-state index is 12.2. The molecule has 0 N–H and O–H groups in total. The standard InChI is InChI=1S/C16H21Cl2NO3/c1-16(2,3)22-15(20)19-8-7-10(9-19)13-12(21-4)6-5-11(17)14(13)18/h5-6,10H,7-9H2,1-4H3/t10-/m0/s1. The van der Waals surface area contributed by atoms with Crippen molar-refractivity contribution in [3.63, 3.8) is 0 Å². The van der Waals surface area contributed by atoms with Crippen molar-refractivity contribution in [2.24, 2.45) is 0 Å². The van der Waals surface area contributed by atoms with Gasteiger partial charge in [0.2, 0.25) is 0 Å². The fourth-order valence-electron chi connectivity index (χ4n) is 2.60. The summed E-state index contributed by atoms with van der Waals surface area (Å²) < 4.78 is 10.8. The highest BCUT2D eigenvalue weighted by atomic mass is 35.5. The number of methoxy groups -OCH3 is 1. The van der Waals surface area contributed by atoms with Crippen LogP contribution in [0.25, 0.3) is 0 Å². The van der Waals surface area contributed by atoms with Gasteiger partial charge in [-0.05, 0) is 39.3 Å². The van der Waals surface area contributed by atoms with Gasteiger partial charge in [0, 0.05) is 24.6 Å². The van der Waals surface area contributed by atoms with Crippen LogP contribution in [0.5, 0.6) is 5.75 Å². The largest absolute Gasteiger partial charge is 0.496 e. The lowest BCUT2D eigenvalue weighted by molar-refractivity contribution is 0.0292. The lowest BCUT2D eigenvalue weighted by Crippen LogP contribution is -2.35. The van der Waals surface area contributed by atoms with Crippen LogP contribution in [0.15, 0.2) is 12.1 Å². The third-order valence-corrected chi connectivity index (χ3v) is 4.38. The smallest absolute Gasteiger partial charge is 0.410 e. The molecule has 0 radical (unpaired) electrons. The summed E-state index contributed by atoms with van der Waals surface area (Å²) in [6.45, 7) is 6.75. The Bertz CT molecular complexity index is 569. The number of carbonyl (C=O) groups excluding carboxylic acids is 1. The zero-order valence-corrected chi connectivity index (χ0v) is 14.8. The maximum absolute atomic E-state index is 12.2. The van der Waals surface area contributed by atoms with Crippen LogP contribution < -0.4 is 4.74 Å². The van der Waals surface area contributed by atoms with Gasteiger partial charge >= 0.3 is 6.09 Å². The van der Waals surface area contributed by atoms with Gasteiger partial charge in [0.1, 0.15) is 11.4 Å². The first-order valence-corrected chi connectivity index (χ1v) is 7.98. The number of nitrogens with zero attached hydrogens (tertiary/aromatic N) is 1. The highest BCUT2D eigenvalue weighted by molar-refractivity contribution is 6.42. The van der Waals surface area contributed by atoms with E-state index in [-0.39, 0.29) is 12.0 Å². The molecule has 0 unspecified atom stereocenters. The first kappa shape index (κ1) is 17.2. The van der Waals surface area contributed by atoms with Gasteiger partial charge in [0.05, 0.1) is 17.2 Å². The van der Waals surface area contributed by atoms with E-state index in [1.54, 1.807) is 24.1 Å². The molecule has 1 aromatic rings. The van der Waals surface area contributed by atoms with Crippen molar-refractivity contribution in [1.82, 2.24) is 4.90 Å². The Morgan fingerprint density at radius 2 is 2.00 bits per heavy atom. The Labute approximate surface area is 141 Å². The molecule has 4 nitrogen and oxygen atoms in total. The van der Waals surface area contributed by atoms with Crippen molar-refractivity contribution in [2.45, 2.75) is 38.7 Å². The molecule has 1 aliphatic rings. The Hall–Kier alpha value is -1.13. The van der Waals surface area contributed by atoms with Gasteiger partial charge in [-0.15, -0.1) is 0 Å². The summed E-state index contributed by atoms with van der Waals surface area (Å²) in [6, 6.07) is 3.52. The van der Waals surface area contributed by atoms with Crippen molar-refractivity contribution in [3.05, 3.63) is 27.7 Å². The fourth-order valence-corrected chi connectivity index (χ4v) is 3.07. The van der Waals surface area contributed by atoms with Gasteiger partial charge in [0.25, 0.3) is 0 Å². The molecular formula is C16H21Cl2NO3. The molecule has 1 fully saturated rings. The van der Waals surface area contributed by atoms with Gasteiger partial charge < -0.3 is 14.4 Å². The minimum absolute atomic E-state index is 0.0914. The molecule has 0 saturated carbocycles. The molecule has 1 heterocycles. The molecule has 0 bridgehead atoms. The van der Waals surface area contributed by atoms with Crippen LogP contribution in [0.1, 0.15) is 38.7 Å². The first-order chi connectivity index (χ1) is 10.2. The van der Waals surface area contributed by atoms with Gasteiger partial charge in [-0.25, -0.2) is 4.79 Å². The van der Waals surface area contributed by atoms with E-state index >= 15 is 0 Å². The molecule has 1 amide bonds. The second kappa shape index (κ2) is 6.55. The molecule has 2 rings (SSSR count). The zero-order chi connectivity index (χ0) is 16.5. The third-order valence-electron chi connectivity index (χ3n) is 3.56. The quantitative estimate of drug-likeness (QED) is 0.777. The third kappa shape index (κ3) is 3.79. The van der Waals surface area contributed by atoms with Crippen LogP contribution in [-0.2, 0) is 4.74 Å². The Morgan fingerprint density at radius 3 is 2.59 bits per heavy atom. The van der Waals surface area contributed by atoms with E-state index in [9.17, 15) is 4.79 Å². The van der Waals surface area contributed by atoms with Crippen molar-refractivity contribution >= 4 is 29.3 Å². The molecule has 0 aromatic heterocycles. The summed E-state index contributed by atoms with van der Waals surface area (Å²) in [5.41, 5.74) is 0.364. The minimum Gasteiger partial charge on any atom is -0.496 e. The SMILES string of the molecule is COc1ccc(Cl)c(Cl)c1[C@H]1CCN(C(=O)OC(C)(C)C)C1. The predicted molar refractivity (Wildman–Crippen MR) is 88.2 cm³/mol. The Kier molecular flexibility index (Phi) is 5.13. The van der Waals surface area contributed by atoms with Crippen molar-refractivity contribution in [2.75, 3.05) is 20.2 Å². The van der Waals surface area contributed by atoms with Crippen molar-refractivity contribution in [3.8, 4) is 5.75 Å². The second-order valence-electron chi connectivity index (χ2n) is 6.39. The number of hydrogen-bond donors (Lipinski definition) is 0. The molecule has 1 aromatic carbocycles. The highest BCUT2D eigenvalue weighted by Gasteiger charge is 2.33. The molecular weight excluding hydrogens is 325 g/mol. The maximum Gasteiger partial charge on any atom is 0.410 e. The topological polar surface area (TPSA) is 38.8 Å². The molecule has 122 valence electrons. The summed E-state index contributed by atoms with van der Waals surface area (Å²) in [7, 11) is 1.60. The Balaban J connectivity index is 2.17. The monoisotopic (exact) mass is 345 g/mol. The molecule has 1 saturated heterocycles. The van der Waals surface area contributed by atoms with Gasteiger partial charge in [-0.3, -0.25) is 0 Å². The molecule has 6 heteroatoms. The van der Waals surface area contributed by atoms with E-state index in [0.29, 0.717) is 28.9 Å². The van der Waals surface area contributed by atoms with Gasteiger partial charge in [-0.2, -0.15) is 0 Å². The van der Waals surface area contributed by atoms with E-state index in [2.05, 4.69) is 0 Å². The number of likely N-dealkylation sites (tertiary alicyclic amines) is 1. The highest BCUT2D eigenvalue weighted by Crippen LogP contribution is 2.41. The average molecular weight is 346 g/mol. The summed E-state index contributed by atoms with van der Waals surface area (Å²) in [4.78, 5) is 13.9. The summed E-state index contributed by atoms with van der Waals surface area (Å²) in [5, 5.41) is 0.991. The number of carbonyl (C=O) groups is 1. The van der Waals surface area contributed by atoms with Crippen LogP contribution in [0.3, 0.4) is 0 Å². The Morgan fingerprint density at radius 1 is 1.32 bits per heavy atom. The van der Waals surface area contributed by atoms with Gasteiger partial charge in [0.15, 0.2) is 0 Å². The molecule has 22 heavy (non-hydrogen) atoms. The van der Waals surface area contributed by atoms with E-state index in [1.165, 1.54) is 0 Å². The van der Waals surface area contributed by atoms with Crippen molar-refractivity contribution in [1.29, 1.82) is 0 Å². The van der Waals surface area contributed by atoms with Gasteiger partial charge in [-0.1, -0.05) is 23.2 Å². The number of benzene rings is 1. The van der Waals surface area contributed by atoms with Crippen LogP contribution >= 0.6 is 23.2 Å². The zero-order valence-electron chi connectivity index (χ0n) is 13.3. The average Bonchev–Trinajstić information content (AvgIpc) is 2.89. The number of rotatable bonds is 2. The summed E-state index contributed by atoms with van der Waals surface area (Å²) >= 11 is 12.5.